The fraction of sp³-hybridized carbons (Fsp3) is 0.636. The zero-order valence-electron chi connectivity index (χ0n) is 44.4. The molecule has 7 unspecified atom stereocenters. The minimum Gasteiger partial charge on any atom is -0.390 e. The maximum absolute atomic E-state index is 13.4. The van der Waals surface area contributed by atoms with E-state index in [9.17, 15) is 43.8 Å². The first-order valence-corrected chi connectivity index (χ1v) is 33.0. The second-order valence-electron chi connectivity index (χ2n) is 20.3. The molecule has 4 aromatic heterocycles. The average molecular weight is 1250 g/mol. The van der Waals surface area contributed by atoms with Gasteiger partial charge in [0.25, 0.3) is 5.56 Å². The third-order valence-electron chi connectivity index (χ3n) is 14.8. The summed E-state index contributed by atoms with van der Waals surface area (Å²) in [7, 11) is 0. The highest BCUT2D eigenvalue weighted by Gasteiger charge is 2.68. The Bertz CT molecular complexity index is 3540. The first-order chi connectivity index (χ1) is 37.9. The molecule has 5 fully saturated rings. The van der Waals surface area contributed by atoms with Gasteiger partial charge in [-0.1, -0.05) is 13.8 Å². The van der Waals surface area contributed by atoms with Gasteiger partial charge in [0.15, 0.2) is 6.23 Å². The predicted octanol–water partition coefficient (Wildman–Crippen LogP) is 0.0777. The van der Waals surface area contributed by atoms with Gasteiger partial charge in [0.05, 0.1) is 50.3 Å². The van der Waals surface area contributed by atoms with Gasteiger partial charge >= 0.3 is 42.9 Å². The average Bonchev–Trinajstić information content (AvgIpc) is 4.28. The molecule has 0 spiro atoms. The highest BCUT2D eigenvalue weighted by Crippen LogP contribution is 2.59. The molecule has 446 valence electrons. The van der Waals surface area contributed by atoms with E-state index < -0.39 is 160 Å². The Kier molecular flexibility index (Phi) is 17.9. The van der Waals surface area contributed by atoms with Crippen molar-refractivity contribution in [1.82, 2.24) is 38.2 Å². The number of rotatable bonds is 20. The number of aromatic amines is 1. The molecular weight excluding hydrogens is 1190 g/mol. The lowest BCUT2D eigenvalue weighted by Crippen LogP contribution is -2.51. The maximum Gasteiger partial charge on any atom is 0.351 e. The number of hydrogen-bond acceptors (Lipinski definition) is 26. The fourth-order valence-electron chi connectivity index (χ4n) is 10.2. The summed E-state index contributed by atoms with van der Waals surface area (Å²) in [5.74, 6) is -0.749. The zero-order chi connectivity index (χ0) is 59.0. The molecule has 9 heterocycles. The largest absolute Gasteiger partial charge is 0.390 e. The first kappa shape index (κ1) is 61.6. The van der Waals surface area contributed by atoms with Gasteiger partial charge in [-0.25, -0.2) is 19.2 Å². The summed E-state index contributed by atoms with van der Waals surface area (Å²) in [6.07, 6.45) is -8.93. The predicted molar refractivity (Wildman–Crippen MR) is 295 cm³/mol. The van der Waals surface area contributed by atoms with Crippen molar-refractivity contribution in [2.75, 3.05) is 37.0 Å². The monoisotopic (exact) mass is 1250 g/mol. The van der Waals surface area contributed by atoms with Crippen LogP contribution in [0.15, 0.2) is 48.8 Å². The van der Waals surface area contributed by atoms with Gasteiger partial charge in [0, 0.05) is 65.8 Å². The smallest absolute Gasteiger partial charge is 0.351 e. The van der Waals surface area contributed by atoms with Crippen LogP contribution in [0.4, 0.5) is 17.5 Å². The lowest BCUT2D eigenvalue weighted by atomic mass is 9.94. The van der Waals surface area contributed by atoms with Crippen LogP contribution >= 0.6 is 20.2 Å². The molecule has 0 saturated carbocycles. The number of nitrogen functional groups attached to an aromatic ring is 3. The van der Waals surface area contributed by atoms with E-state index in [0.29, 0.717) is 23.1 Å². The minimum atomic E-state index is -4.55. The van der Waals surface area contributed by atoms with Gasteiger partial charge < -0.3 is 83.3 Å². The van der Waals surface area contributed by atoms with E-state index >= 15 is 0 Å². The van der Waals surface area contributed by atoms with Gasteiger partial charge in [-0.3, -0.25) is 32.6 Å². The number of hydrogen-bond donors (Lipinski definition) is 8. The van der Waals surface area contributed by atoms with Crippen molar-refractivity contribution in [1.29, 1.82) is 0 Å². The molecule has 0 amide bonds. The van der Waals surface area contributed by atoms with Crippen LogP contribution in [0.1, 0.15) is 87.2 Å². The van der Waals surface area contributed by atoms with E-state index in [1.807, 2.05) is 0 Å². The van der Waals surface area contributed by atoms with Gasteiger partial charge in [0.2, 0.25) is 0 Å². The van der Waals surface area contributed by atoms with E-state index in [1.165, 1.54) is 40.8 Å². The van der Waals surface area contributed by atoms with Crippen LogP contribution in [0, 0.1) is 33.6 Å². The number of nitrogens with two attached hydrogens (primary N) is 3. The summed E-state index contributed by atoms with van der Waals surface area (Å²) >= 11 is 16.6. The van der Waals surface area contributed by atoms with E-state index in [1.54, 1.807) is 41.5 Å². The topological polar surface area (TPSA) is 420 Å². The molecule has 81 heavy (non-hydrogen) atoms. The standard InChI is InChI=1S/C44H62N11O20P3S3/c1-8-24-25(9-29(69-24)53-14-21(5)37(57)51-43(53)61)73-76(62,79)65-15-27-26(10-30(70-27)52-11-18(2)34(45)48-40(52)58)74-78(64,81)67-17-44-23(7)68-32(39(72-44)55-13-20(4)36(47)50-42(55)60)33(44)75-77(63,80)66-16-28-31(56)22(6)38(71-28)54-12-19(3)35(46)49-41(54)59/h11-14,22-33,38-39,56H,8-10,15-17H2,1-7H3,(H,62,79)(H,63,80)(H,64,81)(H2,45,48,58)(H2,46,49,59)(H2,47,50,60)(H,51,57,61)/t22-,23-,24+,25?,26?,27+,28+,29+,30+,31?,32-,33?,38+,39+,44-,76?,77?,78?/m0/s1. The number of fused-ring (bicyclic) bond motifs is 2. The van der Waals surface area contributed by atoms with Crippen molar-refractivity contribution >= 4 is 73.0 Å². The Labute approximate surface area is 475 Å². The Morgan fingerprint density at radius 3 is 1.70 bits per heavy atom. The summed E-state index contributed by atoms with van der Waals surface area (Å²) in [5.41, 5.74) is 13.7. The molecule has 18 atom stereocenters. The van der Waals surface area contributed by atoms with Crippen LogP contribution in [0.2, 0.25) is 0 Å². The van der Waals surface area contributed by atoms with Crippen molar-refractivity contribution in [3.05, 3.63) is 99.3 Å². The molecule has 11 N–H and O–H groups in total. The molecule has 5 saturated heterocycles. The second-order valence-corrected chi connectivity index (χ2v) is 28.7. The summed E-state index contributed by atoms with van der Waals surface area (Å²) in [6, 6.07) is 0. The number of nitrogens with zero attached hydrogens (tertiary/aromatic N) is 7. The number of aliphatic hydroxyl groups is 1. The molecule has 5 aliphatic rings. The quantitative estimate of drug-likeness (QED) is 0.0543. The van der Waals surface area contributed by atoms with E-state index in [2.05, 4.69) is 19.9 Å². The van der Waals surface area contributed by atoms with E-state index in [-0.39, 0.29) is 35.9 Å². The van der Waals surface area contributed by atoms with Gasteiger partial charge in [-0.15, -0.1) is 0 Å². The highest BCUT2D eigenvalue weighted by molar-refractivity contribution is 8.07. The van der Waals surface area contributed by atoms with E-state index in [0.717, 1.165) is 9.13 Å². The van der Waals surface area contributed by atoms with Crippen LogP contribution < -0.4 is 45.5 Å². The molecule has 0 aliphatic carbocycles. The molecule has 5 aliphatic heterocycles. The Balaban J connectivity index is 0.934. The lowest BCUT2D eigenvalue weighted by molar-refractivity contribution is -0.216. The number of aryl methyl sites for hydroxylation is 4. The fourth-order valence-corrected chi connectivity index (χ4v) is 14.6. The van der Waals surface area contributed by atoms with Gasteiger partial charge in [0.1, 0.15) is 66.2 Å². The second kappa shape index (κ2) is 23.5. The molecule has 4 aromatic rings. The van der Waals surface area contributed by atoms with Crippen LogP contribution in [-0.2, 0) is 86.2 Å². The number of aliphatic hydroxyl groups excluding tert-OH is 1. The molecule has 9 rings (SSSR count). The summed E-state index contributed by atoms with van der Waals surface area (Å²) in [6.45, 7) is -3.70. The first-order valence-electron chi connectivity index (χ1n) is 25.2. The zero-order valence-corrected chi connectivity index (χ0v) is 49.5. The Hall–Kier alpha value is -3.93. The van der Waals surface area contributed by atoms with Gasteiger partial charge in [-0.05, 0) is 76.5 Å². The highest BCUT2D eigenvalue weighted by atomic mass is 32.5. The Morgan fingerprint density at radius 2 is 1.12 bits per heavy atom. The van der Waals surface area contributed by atoms with E-state index in [4.69, 9.17) is 103 Å². The number of ether oxygens (including phenoxy) is 5. The molecule has 0 radical (unpaired) electrons. The molecule has 0 aromatic carbocycles. The normalized spacial score (nSPS) is 33.2. The number of H-pyrrole nitrogens is 1. The lowest BCUT2D eigenvalue weighted by Gasteiger charge is -2.37. The summed E-state index contributed by atoms with van der Waals surface area (Å²) in [4.78, 5) is 113. The minimum absolute atomic E-state index is 0.0258. The molecule has 37 heteroatoms. The summed E-state index contributed by atoms with van der Waals surface area (Å²) in [5, 5.41) is 11.2. The number of aromatic nitrogens is 8. The number of nitrogens with one attached hydrogen (secondary N) is 1. The summed E-state index contributed by atoms with van der Waals surface area (Å²) < 4.78 is 71.9. The molecule has 2 bridgehead atoms. The Morgan fingerprint density at radius 1 is 0.654 bits per heavy atom. The SMILES string of the molecule is CC[C@H]1O[C@@H](n2cc(C)c(=O)[nH]c2=O)CC1OP(O)(=S)OC[C@H]1O[C@@H](n2cc(C)c(N)nc2=O)CC1OP(O)(=S)OC[C@]12O[C@@H](n3cc(C)c(N)nc3=O)[C@@H](O[C@H]1C)C2OP(O)(=S)OC[C@H]1O[C@@H](n2cc(C)c(N)nc2=O)[C@@H](C)C1O. The van der Waals surface area contributed by atoms with Crippen molar-refractivity contribution in [3.63, 3.8) is 0 Å². The molecule has 31 nitrogen and oxygen atoms in total. The van der Waals surface area contributed by atoms with Crippen molar-refractivity contribution in [2.45, 2.75) is 153 Å². The van der Waals surface area contributed by atoms with Crippen LogP contribution in [0.25, 0.3) is 0 Å². The third-order valence-corrected chi connectivity index (χ3v) is 19.5. The van der Waals surface area contributed by atoms with Crippen LogP contribution in [-0.4, -0.2) is 138 Å². The maximum atomic E-state index is 13.4. The third kappa shape index (κ3) is 12.7. The van der Waals surface area contributed by atoms with Crippen LogP contribution in [0.5, 0.6) is 0 Å². The van der Waals surface area contributed by atoms with Crippen LogP contribution in [0.3, 0.4) is 0 Å². The number of anilines is 3. The van der Waals surface area contributed by atoms with Crippen molar-refractivity contribution in [3.8, 4) is 0 Å². The van der Waals surface area contributed by atoms with Crippen molar-refractivity contribution in [2.24, 2.45) is 5.92 Å². The van der Waals surface area contributed by atoms with Gasteiger partial charge in [-0.2, -0.15) is 15.0 Å². The van der Waals surface area contributed by atoms with Crippen molar-refractivity contribution < 1.29 is 70.6 Å². The molecular formula is C44H62N11O20P3S3.